The van der Waals surface area contributed by atoms with E-state index in [1.807, 2.05) is 30.3 Å². The smallest absolute Gasteiger partial charge is 0.341 e. The van der Waals surface area contributed by atoms with E-state index in [9.17, 15) is 4.79 Å². The van der Waals surface area contributed by atoms with Crippen molar-refractivity contribution in [1.82, 2.24) is 9.78 Å². The van der Waals surface area contributed by atoms with Crippen molar-refractivity contribution in [3.05, 3.63) is 53.3 Å². The number of nitrogens with zero attached hydrogens (tertiary/aromatic N) is 2. The second-order valence-corrected chi connectivity index (χ2v) is 3.82. The van der Waals surface area contributed by atoms with E-state index in [1.54, 1.807) is 17.9 Å². The van der Waals surface area contributed by atoms with Crippen LogP contribution in [0.25, 0.3) is 0 Å². The van der Waals surface area contributed by atoms with Gasteiger partial charge in [-0.15, -0.1) is 0 Å². The first-order valence-electron chi connectivity index (χ1n) is 5.35. The summed E-state index contributed by atoms with van der Waals surface area (Å²) in [7, 11) is 3.17. The predicted molar refractivity (Wildman–Crippen MR) is 63.8 cm³/mol. The van der Waals surface area contributed by atoms with Gasteiger partial charge in [0.2, 0.25) is 0 Å². The molecule has 17 heavy (non-hydrogen) atoms. The van der Waals surface area contributed by atoms with Gasteiger partial charge in [0.15, 0.2) is 0 Å². The normalized spacial score (nSPS) is 10.2. The van der Waals surface area contributed by atoms with Crippen LogP contribution in [0.4, 0.5) is 0 Å². The number of ether oxygens (including phenoxy) is 1. The average molecular weight is 230 g/mol. The van der Waals surface area contributed by atoms with Crippen LogP contribution in [0.5, 0.6) is 0 Å². The van der Waals surface area contributed by atoms with E-state index >= 15 is 0 Å². The van der Waals surface area contributed by atoms with E-state index in [4.69, 9.17) is 4.74 Å². The lowest BCUT2D eigenvalue weighted by Gasteiger charge is -2.00. The topological polar surface area (TPSA) is 44.1 Å². The van der Waals surface area contributed by atoms with Gasteiger partial charge < -0.3 is 4.74 Å². The van der Waals surface area contributed by atoms with Gasteiger partial charge in [-0.2, -0.15) is 5.10 Å². The first-order valence-corrected chi connectivity index (χ1v) is 5.35. The Balaban J connectivity index is 2.30. The Morgan fingerprint density at radius 3 is 2.71 bits per heavy atom. The molecule has 0 spiro atoms. The maximum atomic E-state index is 11.6. The number of hydrogen-bond donors (Lipinski definition) is 0. The summed E-state index contributed by atoms with van der Waals surface area (Å²) in [5.74, 6) is -0.343. The molecule has 0 saturated carbocycles. The van der Waals surface area contributed by atoms with E-state index in [-0.39, 0.29) is 5.97 Å². The van der Waals surface area contributed by atoms with Gasteiger partial charge >= 0.3 is 5.97 Å². The molecule has 0 unspecified atom stereocenters. The first-order chi connectivity index (χ1) is 8.20. The number of carbonyl (C=O) groups excluding carboxylic acids is 1. The highest BCUT2D eigenvalue weighted by molar-refractivity contribution is 5.90. The second-order valence-electron chi connectivity index (χ2n) is 3.82. The molecule has 0 amide bonds. The van der Waals surface area contributed by atoms with E-state index in [2.05, 4.69) is 5.10 Å². The highest BCUT2D eigenvalue weighted by Gasteiger charge is 2.15. The third-order valence-corrected chi connectivity index (χ3v) is 2.52. The van der Waals surface area contributed by atoms with Crippen LogP contribution in [0.15, 0.2) is 36.5 Å². The maximum absolute atomic E-state index is 11.6. The molecule has 0 N–H and O–H groups in total. The standard InChI is InChI=1S/C13H14N2O2/c1-15-9-11(13(16)17-2)12(14-15)8-10-6-4-3-5-7-10/h3-7,9H,8H2,1-2H3. The number of carbonyl (C=O) groups is 1. The highest BCUT2D eigenvalue weighted by Crippen LogP contribution is 2.13. The molecule has 0 atom stereocenters. The zero-order valence-electron chi connectivity index (χ0n) is 9.88. The molecule has 1 aromatic carbocycles. The molecule has 0 aliphatic rings. The molecule has 0 fully saturated rings. The van der Waals surface area contributed by atoms with E-state index in [1.165, 1.54) is 7.11 Å². The van der Waals surface area contributed by atoms with Crippen LogP contribution >= 0.6 is 0 Å². The van der Waals surface area contributed by atoms with Crippen molar-refractivity contribution >= 4 is 5.97 Å². The SMILES string of the molecule is COC(=O)c1cn(C)nc1Cc1ccccc1. The van der Waals surface area contributed by atoms with Gasteiger partial charge in [-0.25, -0.2) is 4.79 Å². The third kappa shape index (κ3) is 2.53. The molecular formula is C13H14N2O2. The summed E-state index contributed by atoms with van der Waals surface area (Å²) in [6.45, 7) is 0. The van der Waals surface area contributed by atoms with Crippen molar-refractivity contribution in [2.24, 2.45) is 7.05 Å². The minimum absolute atomic E-state index is 0.343. The van der Waals surface area contributed by atoms with Gasteiger partial charge in [-0.05, 0) is 5.56 Å². The summed E-state index contributed by atoms with van der Waals surface area (Å²) < 4.78 is 6.37. The van der Waals surface area contributed by atoms with Crippen molar-refractivity contribution < 1.29 is 9.53 Å². The van der Waals surface area contributed by atoms with Crippen LogP contribution < -0.4 is 0 Å². The van der Waals surface area contributed by atoms with E-state index < -0.39 is 0 Å². The average Bonchev–Trinajstić information content (AvgIpc) is 2.70. The summed E-state index contributed by atoms with van der Waals surface area (Å²) in [5.41, 5.74) is 2.39. The molecule has 0 bridgehead atoms. The van der Waals surface area contributed by atoms with Crippen LogP contribution in [0.1, 0.15) is 21.6 Å². The monoisotopic (exact) mass is 230 g/mol. The van der Waals surface area contributed by atoms with Crippen molar-refractivity contribution in [2.75, 3.05) is 7.11 Å². The fourth-order valence-electron chi connectivity index (χ4n) is 1.73. The highest BCUT2D eigenvalue weighted by atomic mass is 16.5. The lowest BCUT2D eigenvalue weighted by molar-refractivity contribution is 0.0599. The maximum Gasteiger partial charge on any atom is 0.341 e. The molecule has 1 aromatic heterocycles. The van der Waals surface area contributed by atoms with E-state index in [0.717, 1.165) is 11.3 Å². The minimum Gasteiger partial charge on any atom is -0.465 e. The Kier molecular flexibility index (Phi) is 3.23. The number of benzene rings is 1. The van der Waals surface area contributed by atoms with Crippen molar-refractivity contribution in [2.45, 2.75) is 6.42 Å². The van der Waals surface area contributed by atoms with Crippen molar-refractivity contribution in [1.29, 1.82) is 0 Å². The first kappa shape index (κ1) is 11.4. The minimum atomic E-state index is -0.343. The molecule has 88 valence electrons. The summed E-state index contributed by atoms with van der Waals surface area (Å²) >= 11 is 0. The van der Waals surface area contributed by atoms with Gasteiger partial charge in [0.25, 0.3) is 0 Å². The van der Waals surface area contributed by atoms with Gasteiger partial charge in [0.05, 0.1) is 12.8 Å². The van der Waals surface area contributed by atoms with Gasteiger partial charge in [-0.3, -0.25) is 4.68 Å². The summed E-state index contributed by atoms with van der Waals surface area (Å²) in [6.07, 6.45) is 2.32. The number of methoxy groups -OCH3 is 1. The largest absolute Gasteiger partial charge is 0.465 e. The van der Waals surface area contributed by atoms with Gasteiger partial charge in [-0.1, -0.05) is 30.3 Å². The Morgan fingerprint density at radius 2 is 2.06 bits per heavy atom. The molecule has 0 radical (unpaired) electrons. The Bertz CT molecular complexity index is 517. The number of esters is 1. The molecule has 1 heterocycles. The van der Waals surface area contributed by atoms with Crippen LogP contribution in [0.3, 0.4) is 0 Å². The molecule has 4 nitrogen and oxygen atoms in total. The zero-order chi connectivity index (χ0) is 12.3. The molecular weight excluding hydrogens is 216 g/mol. The summed E-state index contributed by atoms with van der Waals surface area (Å²) in [6, 6.07) is 9.92. The predicted octanol–water partition coefficient (Wildman–Crippen LogP) is 1.80. The third-order valence-electron chi connectivity index (χ3n) is 2.52. The van der Waals surface area contributed by atoms with Gasteiger partial charge in [0, 0.05) is 19.7 Å². The molecule has 0 aliphatic carbocycles. The number of aromatic nitrogens is 2. The fraction of sp³-hybridized carbons (Fsp3) is 0.231. The molecule has 4 heteroatoms. The Hall–Kier alpha value is -2.10. The molecule has 0 aliphatic heterocycles. The van der Waals surface area contributed by atoms with Gasteiger partial charge in [0.1, 0.15) is 5.56 Å². The lowest BCUT2D eigenvalue weighted by Crippen LogP contribution is -2.04. The molecule has 0 saturated heterocycles. The fourth-order valence-corrected chi connectivity index (χ4v) is 1.73. The number of rotatable bonds is 3. The quantitative estimate of drug-likeness (QED) is 0.755. The molecule has 2 rings (SSSR count). The lowest BCUT2D eigenvalue weighted by atomic mass is 10.1. The van der Waals surface area contributed by atoms with Crippen LogP contribution in [0.2, 0.25) is 0 Å². The van der Waals surface area contributed by atoms with Crippen LogP contribution in [-0.4, -0.2) is 22.9 Å². The van der Waals surface area contributed by atoms with Crippen molar-refractivity contribution in [3.63, 3.8) is 0 Å². The second kappa shape index (κ2) is 4.82. The Morgan fingerprint density at radius 1 is 1.35 bits per heavy atom. The van der Waals surface area contributed by atoms with Crippen molar-refractivity contribution in [3.8, 4) is 0 Å². The number of aryl methyl sites for hydroxylation is 1. The summed E-state index contributed by atoms with van der Waals surface area (Å²) in [4.78, 5) is 11.6. The zero-order valence-corrected chi connectivity index (χ0v) is 9.88. The Labute approximate surface area is 99.8 Å². The summed E-state index contributed by atoms with van der Waals surface area (Å²) in [5, 5.41) is 4.29. The molecule has 2 aromatic rings. The number of hydrogen-bond acceptors (Lipinski definition) is 3. The van der Waals surface area contributed by atoms with Crippen LogP contribution in [0, 0.1) is 0 Å². The van der Waals surface area contributed by atoms with E-state index in [0.29, 0.717) is 12.0 Å². The van der Waals surface area contributed by atoms with Crippen LogP contribution in [-0.2, 0) is 18.2 Å².